The number of benzene rings is 1. The summed E-state index contributed by atoms with van der Waals surface area (Å²) in [5.74, 6) is -1.55. The normalized spacial score (nSPS) is 15.0. The Morgan fingerprint density at radius 3 is 2.59 bits per heavy atom. The lowest BCUT2D eigenvalue weighted by molar-refractivity contribution is -0.137. The molecule has 2 aromatic rings. The average molecular weight is 370 g/mol. The number of hydrogen-bond acceptors (Lipinski definition) is 3. The van der Waals surface area contributed by atoms with Gasteiger partial charge in [-0.15, -0.1) is 0 Å². The van der Waals surface area contributed by atoms with Crippen molar-refractivity contribution < 1.29 is 19.5 Å². The Labute approximate surface area is 158 Å². The molecule has 0 spiro atoms. The van der Waals surface area contributed by atoms with Gasteiger partial charge in [0.1, 0.15) is 0 Å². The molecular weight excluding hydrogens is 344 g/mol. The Kier molecular flexibility index (Phi) is 6.27. The molecule has 1 fully saturated rings. The zero-order chi connectivity index (χ0) is 19.2. The van der Waals surface area contributed by atoms with Crippen LogP contribution in [-0.2, 0) is 9.59 Å². The molecular formula is C21H26N2O4. The fourth-order valence-corrected chi connectivity index (χ4v) is 3.90. The molecule has 27 heavy (non-hydrogen) atoms. The minimum atomic E-state index is -0.886. The Balaban J connectivity index is 1.75. The first-order valence-corrected chi connectivity index (χ1v) is 9.68. The van der Waals surface area contributed by atoms with Crippen LogP contribution in [-0.4, -0.2) is 45.7 Å². The van der Waals surface area contributed by atoms with E-state index in [-0.39, 0.29) is 6.42 Å². The maximum atomic E-state index is 12.9. The van der Waals surface area contributed by atoms with Crippen LogP contribution >= 0.6 is 0 Å². The number of para-hydroxylation sites is 1. The van der Waals surface area contributed by atoms with Crippen molar-refractivity contribution in [2.45, 2.75) is 44.9 Å². The number of amides is 1. The number of carboxylic acid groups (broad SMARTS) is 1. The van der Waals surface area contributed by atoms with Crippen molar-refractivity contribution in [3.63, 3.8) is 0 Å². The molecule has 1 aromatic heterocycles. The summed E-state index contributed by atoms with van der Waals surface area (Å²) >= 11 is 0. The zero-order valence-corrected chi connectivity index (χ0v) is 15.4. The molecule has 6 heteroatoms. The first-order valence-electron chi connectivity index (χ1n) is 9.68. The van der Waals surface area contributed by atoms with Crippen molar-refractivity contribution in [3.05, 3.63) is 36.0 Å². The van der Waals surface area contributed by atoms with Crippen molar-refractivity contribution in [3.8, 4) is 0 Å². The topological polar surface area (TPSA) is 90.5 Å². The third kappa shape index (κ3) is 4.76. The number of hydrogen-bond donors (Lipinski definition) is 2. The molecule has 0 bridgehead atoms. The van der Waals surface area contributed by atoms with Gasteiger partial charge in [0.2, 0.25) is 0 Å². The fourth-order valence-electron chi connectivity index (χ4n) is 3.90. The van der Waals surface area contributed by atoms with E-state index in [1.807, 2.05) is 24.3 Å². The number of nitrogens with one attached hydrogen (secondary N) is 1. The number of carbonyl (C=O) groups excluding carboxylic acids is 2. The number of H-pyrrole nitrogens is 1. The number of rotatable bonds is 8. The zero-order valence-electron chi connectivity index (χ0n) is 15.4. The lowest BCUT2D eigenvalue weighted by Crippen LogP contribution is -2.41. The molecule has 0 aliphatic heterocycles. The lowest BCUT2D eigenvalue weighted by atomic mass is 9.88. The molecule has 0 unspecified atom stereocenters. The second-order valence-corrected chi connectivity index (χ2v) is 7.33. The first-order chi connectivity index (χ1) is 13.1. The van der Waals surface area contributed by atoms with Gasteiger partial charge in [0.05, 0.1) is 5.56 Å². The number of Topliss-reactive ketones (excluding diaryl/α,β-unsaturated/α-hetero) is 1. The summed E-state index contributed by atoms with van der Waals surface area (Å²) in [5.41, 5.74) is 1.20. The first kappa shape index (κ1) is 19.1. The average Bonchev–Trinajstić information content (AvgIpc) is 3.11. The summed E-state index contributed by atoms with van der Waals surface area (Å²) in [5, 5.41) is 9.62. The van der Waals surface area contributed by atoms with Crippen LogP contribution in [0.25, 0.3) is 10.9 Å². The van der Waals surface area contributed by atoms with Crippen molar-refractivity contribution in [2.75, 3.05) is 13.1 Å². The SMILES string of the molecule is O=C(O)CCCN(CC1CCCCC1)C(=O)C(=O)c1c[nH]c2ccccc12. The molecule has 1 aromatic carbocycles. The van der Waals surface area contributed by atoms with Gasteiger partial charge in [-0.1, -0.05) is 37.5 Å². The summed E-state index contributed by atoms with van der Waals surface area (Å²) in [6.07, 6.45) is 7.58. The van der Waals surface area contributed by atoms with E-state index < -0.39 is 17.7 Å². The van der Waals surface area contributed by atoms with Crippen LogP contribution in [0.15, 0.2) is 30.5 Å². The van der Waals surface area contributed by atoms with Gasteiger partial charge in [0.25, 0.3) is 11.7 Å². The molecule has 1 aliphatic rings. The lowest BCUT2D eigenvalue weighted by Gasteiger charge is -2.29. The number of aromatic amines is 1. The van der Waals surface area contributed by atoms with Gasteiger partial charge in [0, 0.05) is 36.6 Å². The minimum absolute atomic E-state index is 0.00424. The number of carboxylic acids is 1. The molecule has 1 aliphatic carbocycles. The van der Waals surface area contributed by atoms with Gasteiger partial charge in [-0.25, -0.2) is 0 Å². The van der Waals surface area contributed by atoms with Gasteiger partial charge in [0.15, 0.2) is 0 Å². The number of nitrogens with zero attached hydrogens (tertiary/aromatic N) is 1. The molecule has 2 N–H and O–H groups in total. The maximum Gasteiger partial charge on any atom is 0.303 e. The highest BCUT2D eigenvalue weighted by Gasteiger charge is 2.27. The van der Waals surface area contributed by atoms with Gasteiger partial charge in [-0.3, -0.25) is 14.4 Å². The van der Waals surface area contributed by atoms with Gasteiger partial charge in [-0.2, -0.15) is 0 Å². The monoisotopic (exact) mass is 370 g/mol. The van der Waals surface area contributed by atoms with Crippen molar-refractivity contribution >= 4 is 28.6 Å². The van der Waals surface area contributed by atoms with Crippen LogP contribution in [0.3, 0.4) is 0 Å². The maximum absolute atomic E-state index is 12.9. The van der Waals surface area contributed by atoms with Crippen molar-refractivity contribution in [1.82, 2.24) is 9.88 Å². The molecule has 0 atom stereocenters. The highest BCUT2D eigenvalue weighted by atomic mass is 16.4. The summed E-state index contributed by atoms with van der Waals surface area (Å²) < 4.78 is 0. The number of aliphatic carboxylic acids is 1. The largest absolute Gasteiger partial charge is 0.481 e. The molecule has 6 nitrogen and oxygen atoms in total. The summed E-state index contributed by atoms with van der Waals surface area (Å²) in [6.45, 7) is 0.836. The fraction of sp³-hybridized carbons (Fsp3) is 0.476. The molecule has 0 saturated heterocycles. The van der Waals surface area contributed by atoms with Crippen LogP contribution in [0.2, 0.25) is 0 Å². The molecule has 1 saturated carbocycles. The summed E-state index contributed by atoms with van der Waals surface area (Å²) in [6, 6.07) is 7.39. The Hall–Kier alpha value is -2.63. The summed E-state index contributed by atoms with van der Waals surface area (Å²) in [7, 11) is 0. The molecule has 1 heterocycles. The Morgan fingerprint density at radius 2 is 1.85 bits per heavy atom. The van der Waals surface area contributed by atoms with Crippen LogP contribution in [0.4, 0.5) is 0 Å². The third-order valence-corrected chi connectivity index (χ3v) is 5.34. The highest BCUT2D eigenvalue weighted by molar-refractivity contribution is 6.44. The standard InChI is InChI=1S/C21H26N2O4/c24-19(25)11-6-12-23(14-15-7-2-1-3-8-15)21(27)20(26)17-13-22-18-10-5-4-9-16(17)18/h4-5,9-10,13,15,22H,1-3,6-8,11-12,14H2,(H,24,25). The van der Waals surface area contributed by atoms with Gasteiger partial charge < -0.3 is 15.0 Å². The second kappa shape index (κ2) is 8.84. The van der Waals surface area contributed by atoms with E-state index in [1.54, 1.807) is 11.1 Å². The van der Waals surface area contributed by atoms with E-state index in [9.17, 15) is 14.4 Å². The van der Waals surface area contributed by atoms with E-state index in [0.29, 0.717) is 31.0 Å². The van der Waals surface area contributed by atoms with Crippen molar-refractivity contribution in [1.29, 1.82) is 0 Å². The van der Waals surface area contributed by atoms with Crippen LogP contribution in [0.5, 0.6) is 0 Å². The Morgan fingerprint density at radius 1 is 1.11 bits per heavy atom. The molecule has 3 rings (SSSR count). The molecule has 0 radical (unpaired) electrons. The third-order valence-electron chi connectivity index (χ3n) is 5.34. The number of aromatic nitrogens is 1. The minimum Gasteiger partial charge on any atom is -0.481 e. The number of ketones is 1. The van der Waals surface area contributed by atoms with Crippen LogP contribution in [0.1, 0.15) is 55.3 Å². The van der Waals surface area contributed by atoms with Gasteiger partial charge >= 0.3 is 5.97 Å². The van der Waals surface area contributed by atoms with Crippen molar-refractivity contribution in [2.24, 2.45) is 5.92 Å². The number of fused-ring (bicyclic) bond motifs is 1. The number of carbonyl (C=O) groups is 3. The predicted molar refractivity (Wildman–Crippen MR) is 103 cm³/mol. The summed E-state index contributed by atoms with van der Waals surface area (Å²) in [4.78, 5) is 41.3. The van der Waals surface area contributed by atoms with E-state index in [2.05, 4.69) is 4.98 Å². The Bertz CT molecular complexity index is 820. The molecule has 1 amide bonds. The second-order valence-electron chi connectivity index (χ2n) is 7.33. The van der Waals surface area contributed by atoms with Gasteiger partial charge in [-0.05, 0) is 31.2 Å². The van der Waals surface area contributed by atoms with Crippen LogP contribution in [0, 0.1) is 5.92 Å². The van der Waals surface area contributed by atoms with Crippen LogP contribution < -0.4 is 0 Å². The van der Waals surface area contributed by atoms with E-state index in [4.69, 9.17) is 5.11 Å². The predicted octanol–water partition coefficient (Wildman–Crippen LogP) is 3.62. The van der Waals surface area contributed by atoms with E-state index in [0.717, 1.165) is 36.6 Å². The highest BCUT2D eigenvalue weighted by Crippen LogP contribution is 2.25. The van der Waals surface area contributed by atoms with E-state index in [1.165, 1.54) is 6.42 Å². The van der Waals surface area contributed by atoms with E-state index >= 15 is 0 Å². The molecule has 144 valence electrons. The smallest absolute Gasteiger partial charge is 0.303 e. The quantitative estimate of drug-likeness (QED) is 0.548.